The van der Waals surface area contributed by atoms with Gasteiger partial charge in [0, 0.05) is 11.6 Å². The van der Waals surface area contributed by atoms with Gasteiger partial charge in [0.15, 0.2) is 9.84 Å². The summed E-state index contributed by atoms with van der Waals surface area (Å²) in [6.45, 7) is 1.36. The molecule has 162 valence electrons. The molecule has 1 N–H and O–H groups in total. The van der Waals surface area contributed by atoms with E-state index in [9.17, 15) is 21.6 Å². The Hall–Kier alpha value is -1.65. The lowest BCUT2D eigenvalue weighted by molar-refractivity contribution is -0.116. The summed E-state index contributed by atoms with van der Waals surface area (Å²) in [7, 11) is -7.83. The van der Waals surface area contributed by atoms with Gasteiger partial charge in [-0.15, -0.1) is 0 Å². The Balaban J connectivity index is 1.87. The Kier molecular flexibility index (Phi) is 6.78. The zero-order valence-corrected chi connectivity index (χ0v) is 19.2. The average molecular weight is 491 g/mol. The number of nitrogens with one attached hydrogen (secondary N) is 1. The van der Waals surface area contributed by atoms with E-state index in [-0.39, 0.29) is 27.7 Å². The molecule has 1 atom stereocenters. The number of hydrogen-bond donors (Lipinski definition) is 1. The van der Waals surface area contributed by atoms with Gasteiger partial charge in [-0.05, 0) is 36.2 Å². The molecule has 0 spiro atoms. The van der Waals surface area contributed by atoms with Crippen LogP contribution in [-0.4, -0.2) is 45.9 Å². The van der Waals surface area contributed by atoms with Crippen LogP contribution in [0.1, 0.15) is 24.2 Å². The molecule has 0 saturated heterocycles. The van der Waals surface area contributed by atoms with Crippen LogP contribution in [0.4, 0.5) is 5.69 Å². The summed E-state index contributed by atoms with van der Waals surface area (Å²) in [5.74, 6) is -1.15. The predicted molar refractivity (Wildman–Crippen MR) is 117 cm³/mol. The number of halogens is 2. The maximum Gasteiger partial charge on any atom is 0.239 e. The minimum absolute atomic E-state index is 0.0187. The Morgan fingerprint density at radius 3 is 2.60 bits per heavy atom. The third-order valence-corrected chi connectivity index (χ3v) is 9.45. The van der Waals surface area contributed by atoms with E-state index in [4.69, 9.17) is 23.2 Å². The molecule has 3 rings (SSSR count). The number of amides is 1. The fourth-order valence-corrected chi connectivity index (χ4v) is 8.19. The number of nitrogens with zero attached hydrogens (tertiary/aromatic N) is 1. The van der Waals surface area contributed by atoms with E-state index in [1.54, 1.807) is 25.1 Å². The average Bonchev–Trinajstić information content (AvgIpc) is 2.96. The van der Waals surface area contributed by atoms with E-state index >= 15 is 0 Å². The quantitative estimate of drug-likeness (QED) is 0.639. The SMILES string of the molecule is CCCN(CC(=O)Nc1cc(Cl)ccc1Cl)S(=O)(=O)[C@H]1CS(=O)(=O)c2ccccc21. The van der Waals surface area contributed by atoms with E-state index < -0.39 is 43.3 Å². The van der Waals surface area contributed by atoms with Gasteiger partial charge in [0.05, 0.1) is 27.9 Å². The highest BCUT2D eigenvalue weighted by Gasteiger charge is 2.44. The van der Waals surface area contributed by atoms with Crippen molar-refractivity contribution in [2.45, 2.75) is 23.5 Å². The molecule has 0 saturated carbocycles. The molecule has 0 fully saturated rings. The molecule has 0 aromatic heterocycles. The summed E-state index contributed by atoms with van der Waals surface area (Å²) in [6.07, 6.45) is 0.450. The first kappa shape index (κ1) is 23.0. The number of fused-ring (bicyclic) bond motifs is 1. The fraction of sp³-hybridized carbons (Fsp3) is 0.316. The second-order valence-electron chi connectivity index (χ2n) is 6.86. The van der Waals surface area contributed by atoms with Crippen LogP contribution in [0, 0.1) is 0 Å². The third kappa shape index (κ3) is 4.65. The van der Waals surface area contributed by atoms with E-state index in [0.29, 0.717) is 11.4 Å². The summed E-state index contributed by atoms with van der Waals surface area (Å²) in [5, 5.41) is 1.92. The predicted octanol–water partition coefficient (Wildman–Crippen LogP) is 3.50. The molecule has 1 heterocycles. The molecule has 7 nitrogen and oxygen atoms in total. The number of rotatable bonds is 7. The zero-order valence-electron chi connectivity index (χ0n) is 16.0. The van der Waals surface area contributed by atoms with Gasteiger partial charge in [-0.3, -0.25) is 4.79 Å². The normalized spacial score (nSPS) is 17.7. The van der Waals surface area contributed by atoms with Gasteiger partial charge >= 0.3 is 0 Å². The minimum Gasteiger partial charge on any atom is -0.324 e. The van der Waals surface area contributed by atoms with Gasteiger partial charge in [0.1, 0.15) is 5.25 Å². The molecular weight excluding hydrogens is 471 g/mol. The largest absolute Gasteiger partial charge is 0.324 e. The van der Waals surface area contributed by atoms with Crippen LogP contribution in [0.15, 0.2) is 47.4 Å². The lowest BCUT2D eigenvalue weighted by Crippen LogP contribution is -2.41. The number of hydrogen-bond acceptors (Lipinski definition) is 5. The van der Waals surface area contributed by atoms with Crippen molar-refractivity contribution in [2.24, 2.45) is 0 Å². The molecule has 1 amide bonds. The number of carbonyl (C=O) groups excluding carboxylic acids is 1. The van der Waals surface area contributed by atoms with Crippen LogP contribution in [0.2, 0.25) is 10.0 Å². The van der Waals surface area contributed by atoms with Crippen molar-refractivity contribution in [3.63, 3.8) is 0 Å². The van der Waals surface area contributed by atoms with Crippen molar-refractivity contribution in [2.75, 3.05) is 24.2 Å². The molecule has 2 aromatic carbocycles. The van der Waals surface area contributed by atoms with Gasteiger partial charge in [0.25, 0.3) is 0 Å². The first-order valence-electron chi connectivity index (χ1n) is 9.12. The molecule has 30 heavy (non-hydrogen) atoms. The Labute approximate surface area is 186 Å². The van der Waals surface area contributed by atoms with E-state index in [1.807, 2.05) is 0 Å². The van der Waals surface area contributed by atoms with Crippen molar-refractivity contribution < 1.29 is 21.6 Å². The summed E-state index contributed by atoms with van der Waals surface area (Å²) in [6, 6.07) is 10.6. The van der Waals surface area contributed by atoms with Gasteiger partial charge in [0.2, 0.25) is 15.9 Å². The van der Waals surface area contributed by atoms with E-state index in [1.165, 1.54) is 24.3 Å². The Morgan fingerprint density at radius 2 is 1.90 bits per heavy atom. The highest BCUT2D eigenvalue weighted by Crippen LogP contribution is 2.39. The molecule has 2 aromatic rings. The van der Waals surface area contributed by atoms with Crippen LogP contribution in [0.5, 0.6) is 0 Å². The van der Waals surface area contributed by atoms with E-state index in [0.717, 1.165) is 4.31 Å². The van der Waals surface area contributed by atoms with Gasteiger partial charge in [-0.2, -0.15) is 4.31 Å². The second kappa shape index (κ2) is 8.84. The van der Waals surface area contributed by atoms with Crippen LogP contribution < -0.4 is 5.32 Å². The van der Waals surface area contributed by atoms with Crippen molar-refractivity contribution in [3.05, 3.63) is 58.1 Å². The fourth-order valence-electron chi connectivity index (χ4n) is 3.32. The molecule has 0 radical (unpaired) electrons. The molecule has 1 aliphatic heterocycles. The lowest BCUT2D eigenvalue weighted by Gasteiger charge is -2.25. The highest BCUT2D eigenvalue weighted by atomic mass is 35.5. The maximum absolute atomic E-state index is 13.3. The van der Waals surface area contributed by atoms with E-state index in [2.05, 4.69) is 5.32 Å². The highest BCUT2D eigenvalue weighted by molar-refractivity contribution is 7.95. The molecule has 1 aliphatic rings. The minimum atomic E-state index is -4.12. The maximum atomic E-state index is 13.3. The topological polar surface area (TPSA) is 101 Å². The standard InChI is InChI=1S/C19H20Cl2N2O5S2/c1-2-9-23(11-19(24)22-16-10-13(20)7-8-15(16)21)30(27,28)18-12-29(25,26)17-6-4-3-5-14(17)18/h3-8,10,18H,2,9,11-12H2,1H3,(H,22,24)/t18-/m0/s1. The lowest BCUT2D eigenvalue weighted by atomic mass is 10.2. The zero-order chi connectivity index (χ0) is 22.1. The van der Waals surface area contributed by atoms with Crippen molar-refractivity contribution >= 4 is 54.7 Å². The number of carbonyl (C=O) groups is 1. The first-order valence-corrected chi connectivity index (χ1v) is 13.0. The van der Waals surface area contributed by atoms with Crippen LogP contribution >= 0.6 is 23.2 Å². The van der Waals surface area contributed by atoms with Crippen LogP contribution in [-0.2, 0) is 24.7 Å². The van der Waals surface area contributed by atoms with Gasteiger partial charge in [-0.1, -0.05) is 48.3 Å². The number of sulfonamides is 1. The number of anilines is 1. The molecule has 0 unspecified atom stereocenters. The summed E-state index contributed by atoms with van der Waals surface area (Å²) < 4.78 is 52.5. The Morgan fingerprint density at radius 1 is 1.20 bits per heavy atom. The van der Waals surface area contributed by atoms with Crippen molar-refractivity contribution in [1.29, 1.82) is 0 Å². The molecular formula is C19H20Cl2N2O5S2. The first-order chi connectivity index (χ1) is 14.1. The van der Waals surface area contributed by atoms with Crippen molar-refractivity contribution in [3.8, 4) is 0 Å². The summed E-state index contributed by atoms with van der Waals surface area (Å²) in [5.41, 5.74) is 0.494. The summed E-state index contributed by atoms with van der Waals surface area (Å²) in [4.78, 5) is 12.6. The smallest absolute Gasteiger partial charge is 0.239 e. The van der Waals surface area contributed by atoms with Gasteiger partial charge < -0.3 is 5.32 Å². The van der Waals surface area contributed by atoms with Crippen LogP contribution in [0.25, 0.3) is 0 Å². The molecule has 11 heteroatoms. The third-order valence-electron chi connectivity index (χ3n) is 4.69. The van der Waals surface area contributed by atoms with Crippen LogP contribution in [0.3, 0.4) is 0 Å². The molecule has 0 bridgehead atoms. The summed E-state index contributed by atoms with van der Waals surface area (Å²) >= 11 is 12.0. The number of benzene rings is 2. The van der Waals surface area contributed by atoms with Gasteiger partial charge in [-0.25, -0.2) is 16.8 Å². The number of sulfone groups is 1. The Bertz CT molecular complexity index is 1180. The second-order valence-corrected chi connectivity index (χ2v) is 11.8. The monoisotopic (exact) mass is 490 g/mol. The molecule has 0 aliphatic carbocycles. The van der Waals surface area contributed by atoms with Crippen molar-refractivity contribution in [1.82, 2.24) is 4.31 Å².